The molecular formula is C22H19N3O3S. The molecular weight excluding hydrogens is 386 g/mol. The van der Waals surface area contributed by atoms with Crippen LogP contribution in [0.5, 0.6) is 11.5 Å². The zero-order valence-corrected chi connectivity index (χ0v) is 16.6. The van der Waals surface area contributed by atoms with Crippen LogP contribution >= 0.6 is 11.3 Å². The number of hydrogen-bond acceptors (Lipinski definition) is 6. The van der Waals surface area contributed by atoms with E-state index in [9.17, 15) is 5.11 Å². The summed E-state index contributed by atoms with van der Waals surface area (Å²) in [4.78, 5) is 5.25. The Labute approximate surface area is 171 Å². The summed E-state index contributed by atoms with van der Waals surface area (Å²) in [5, 5.41) is 17.4. The van der Waals surface area contributed by atoms with Crippen LogP contribution in [0.3, 0.4) is 0 Å². The summed E-state index contributed by atoms with van der Waals surface area (Å²) in [5.74, 6) is 1.18. The second-order valence-electron chi connectivity index (χ2n) is 6.17. The molecule has 7 heteroatoms. The maximum Gasteiger partial charge on any atom is 0.206 e. The zero-order chi connectivity index (χ0) is 20.2. The van der Waals surface area contributed by atoms with Gasteiger partial charge in [0.2, 0.25) is 4.80 Å². The van der Waals surface area contributed by atoms with Crippen LogP contribution in [0.4, 0.5) is 0 Å². The summed E-state index contributed by atoms with van der Waals surface area (Å²) in [6.45, 7) is 4.22. The second-order valence-corrected chi connectivity index (χ2v) is 7.01. The third kappa shape index (κ3) is 3.86. The van der Waals surface area contributed by atoms with Gasteiger partial charge in [0.15, 0.2) is 17.3 Å². The van der Waals surface area contributed by atoms with Gasteiger partial charge in [-0.3, -0.25) is 4.99 Å². The Kier molecular flexibility index (Phi) is 5.31. The SMILES string of the molecule is C=CCN=c1scc(-c2cc3ccccc3o2)n1N=Cc1ccc(O)c(OC)c1. The first-order valence-electron chi connectivity index (χ1n) is 8.92. The van der Waals surface area contributed by atoms with Crippen LogP contribution in [0.2, 0.25) is 0 Å². The third-order valence-corrected chi connectivity index (χ3v) is 5.10. The van der Waals surface area contributed by atoms with Crippen molar-refractivity contribution in [2.24, 2.45) is 10.1 Å². The molecule has 0 atom stereocenters. The molecule has 0 aliphatic carbocycles. The predicted octanol–water partition coefficient (Wildman–Crippen LogP) is 4.65. The number of para-hydroxylation sites is 1. The number of ether oxygens (including phenoxy) is 1. The third-order valence-electron chi connectivity index (χ3n) is 4.25. The van der Waals surface area contributed by atoms with Crippen LogP contribution in [0, 0.1) is 0 Å². The summed E-state index contributed by atoms with van der Waals surface area (Å²) in [6.07, 6.45) is 3.42. The van der Waals surface area contributed by atoms with Gasteiger partial charge in [-0.1, -0.05) is 24.3 Å². The highest BCUT2D eigenvalue weighted by Crippen LogP contribution is 2.28. The normalized spacial score (nSPS) is 12.1. The van der Waals surface area contributed by atoms with E-state index < -0.39 is 0 Å². The van der Waals surface area contributed by atoms with Crippen molar-refractivity contribution in [3.8, 4) is 23.0 Å². The molecule has 0 saturated carbocycles. The molecule has 2 aromatic heterocycles. The van der Waals surface area contributed by atoms with E-state index in [4.69, 9.17) is 9.15 Å². The van der Waals surface area contributed by atoms with Crippen molar-refractivity contribution in [3.05, 3.63) is 76.9 Å². The number of furan rings is 1. The van der Waals surface area contributed by atoms with Crippen molar-refractivity contribution in [3.63, 3.8) is 0 Å². The number of phenolic OH excluding ortho intramolecular Hbond substituents is 1. The number of aromatic hydroxyl groups is 1. The average molecular weight is 405 g/mol. The molecule has 0 unspecified atom stereocenters. The number of aromatic nitrogens is 1. The van der Waals surface area contributed by atoms with Crippen LogP contribution in [0.1, 0.15) is 5.56 Å². The quantitative estimate of drug-likeness (QED) is 0.375. The topological polar surface area (TPSA) is 72.2 Å². The maximum atomic E-state index is 9.78. The van der Waals surface area contributed by atoms with Crippen molar-refractivity contribution in [1.82, 2.24) is 4.68 Å². The molecule has 4 rings (SSSR count). The van der Waals surface area contributed by atoms with Crippen LogP contribution < -0.4 is 9.54 Å². The lowest BCUT2D eigenvalue weighted by molar-refractivity contribution is 0.373. The smallest absolute Gasteiger partial charge is 0.206 e. The largest absolute Gasteiger partial charge is 0.504 e. The summed E-state index contributed by atoms with van der Waals surface area (Å²) in [5.41, 5.74) is 2.40. The molecule has 146 valence electrons. The van der Waals surface area contributed by atoms with Gasteiger partial charge in [-0.05, 0) is 35.9 Å². The van der Waals surface area contributed by atoms with Crippen molar-refractivity contribution in [2.75, 3.05) is 13.7 Å². The van der Waals surface area contributed by atoms with Gasteiger partial charge < -0.3 is 14.3 Å². The molecule has 0 aliphatic rings. The Morgan fingerprint density at radius 1 is 1.24 bits per heavy atom. The highest BCUT2D eigenvalue weighted by Gasteiger charge is 2.12. The molecule has 0 saturated heterocycles. The van der Waals surface area contributed by atoms with Crippen LogP contribution in [-0.2, 0) is 0 Å². The Hall–Kier alpha value is -3.58. The lowest BCUT2D eigenvalue weighted by Crippen LogP contribution is -2.12. The van der Waals surface area contributed by atoms with Crippen molar-refractivity contribution in [1.29, 1.82) is 0 Å². The Bertz CT molecular complexity index is 1230. The van der Waals surface area contributed by atoms with Gasteiger partial charge in [-0.2, -0.15) is 5.10 Å². The standard InChI is InChI=1S/C22H19N3O3S/c1-3-10-23-22-25(24-13-15-8-9-18(26)21(11-15)27-2)17(14-29-22)20-12-16-6-4-5-7-19(16)28-20/h3-9,11-14,26H,1,10H2,2H3. The average Bonchev–Trinajstić information content (AvgIpc) is 3.35. The van der Waals surface area contributed by atoms with Crippen LogP contribution in [0.15, 0.2) is 81.1 Å². The Morgan fingerprint density at radius 3 is 2.90 bits per heavy atom. The summed E-state index contributed by atoms with van der Waals surface area (Å²) in [7, 11) is 1.51. The minimum absolute atomic E-state index is 0.0810. The fourth-order valence-corrected chi connectivity index (χ4v) is 3.67. The van der Waals surface area contributed by atoms with Crippen LogP contribution in [0.25, 0.3) is 22.4 Å². The van der Waals surface area contributed by atoms with E-state index in [1.807, 2.05) is 35.7 Å². The van der Waals surface area contributed by atoms with E-state index >= 15 is 0 Å². The molecule has 29 heavy (non-hydrogen) atoms. The minimum atomic E-state index is 0.0810. The van der Waals surface area contributed by atoms with E-state index in [1.54, 1.807) is 35.2 Å². The van der Waals surface area contributed by atoms with Gasteiger partial charge in [-0.15, -0.1) is 17.9 Å². The van der Waals surface area contributed by atoms with Gasteiger partial charge in [0.25, 0.3) is 0 Å². The molecule has 1 N–H and O–H groups in total. The molecule has 2 heterocycles. The fraction of sp³-hybridized carbons (Fsp3) is 0.0909. The number of benzene rings is 2. The molecule has 0 bridgehead atoms. The van der Waals surface area contributed by atoms with Crippen molar-refractivity contribution < 1.29 is 14.3 Å². The van der Waals surface area contributed by atoms with Crippen molar-refractivity contribution in [2.45, 2.75) is 0 Å². The summed E-state index contributed by atoms with van der Waals surface area (Å²) < 4.78 is 12.9. The molecule has 4 aromatic rings. The molecule has 0 aliphatic heterocycles. The van der Waals surface area contributed by atoms with E-state index in [1.165, 1.54) is 18.4 Å². The van der Waals surface area contributed by atoms with E-state index in [2.05, 4.69) is 16.7 Å². The number of fused-ring (bicyclic) bond motifs is 1. The summed E-state index contributed by atoms with van der Waals surface area (Å²) in [6, 6.07) is 14.9. The number of rotatable bonds is 6. The first-order chi connectivity index (χ1) is 14.2. The minimum Gasteiger partial charge on any atom is -0.504 e. The Balaban J connectivity index is 1.80. The van der Waals surface area contributed by atoms with Gasteiger partial charge in [-0.25, -0.2) is 4.68 Å². The molecule has 2 aromatic carbocycles. The fourth-order valence-electron chi connectivity index (χ4n) is 2.84. The lowest BCUT2D eigenvalue weighted by atomic mass is 10.2. The number of hydrogen-bond donors (Lipinski definition) is 1. The number of methoxy groups -OCH3 is 1. The number of thiazole rings is 1. The van der Waals surface area contributed by atoms with Crippen molar-refractivity contribution >= 4 is 28.5 Å². The Morgan fingerprint density at radius 2 is 2.10 bits per heavy atom. The van der Waals surface area contributed by atoms with Gasteiger partial charge in [0, 0.05) is 10.8 Å². The first kappa shape index (κ1) is 18.8. The van der Waals surface area contributed by atoms with E-state index in [0.29, 0.717) is 18.1 Å². The molecule has 0 fully saturated rings. The van der Waals surface area contributed by atoms with E-state index in [0.717, 1.165) is 27.0 Å². The highest BCUT2D eigenvalue weighted by molar-refractivity contribution is 7.07. The maximum absolute atomic E-state index is 9.78. The number of nitrogens with zero attached hydrogens (tertiary/aromatic N) is 3. The zero-order valence-electron chi connectivity index (χ0n) is 15.8. The van der Waals surface area contributed by atoms with Crippen LogP contribution in [-0.4, -0.2) is 29.7 Å². The second kappa shape index (κ2) is 8.20. The lowest BCUT2D eigenvalue weighted by Gasteiger charge is -2.04. The molecule has 0 amide bonds. The van der Waals surface area contributed by atoms with Gasteiger partial charge in [0.05, 0.1) is 19.9 Å². The molecule has 6 nitrogen and oxygen atoms in total. The van der Waals surface area contributed by atoms with E-state index in [-0.39, 0.29) is 5.75 Å². The monoisotopic (exact) mass is 405 g/mol. The predicted molar refractivity (Wildman–Crippen MR) is 116 cm³/mol. The molecule has 0 radical (unpaired) electrons. The highest BCUT2D eigenvalue weighted by atomic mass is 32.1. The first-order valence-corrected chi connectivity index (χ1v) is 9.80. The van der Waals surface area contributed by atoms with Gasteiger partial charge >= 0.3 is 0 Å². The summed E-state index contributed by atoms with van der Waals surface area (Å²) >= 11 is 1.48. The number of phenols is 1. The van der Waals surface area contributed by atoms with Gasteiger partial charge in [0.1, 0.15) is 11.3 Å². The molecule has 0 spiro atoms.